The van der Waals surface area contributed by atoms with Crippen LogP contribution >= 0.6 is 0 Å². The van der Waals surface area contributed by atoms with E-state index in [1.54, 1.807) is 13.2 Å². The van der Waals surface area contributed by atoms with Crippen molar-refractivity contribution in [2.24, 2.45) is 10.9 Å². The summed E-state index contributed by atoms with van der Waals surface area (Å²) in [7, 11) is 1.78. The number of aromatic nitrogens is 1. The molecular formula is C16H28N4O. The van der Waals surface area contributed by atoms with Crippen molar-refractivity contribution in [3.8, 4) is 5.88 Å². The number of rotatable bonds is 7. The van der Waals surface area contributed by atoms with Crippen molar-refractivity contribution in [3.63, 3.8) is 0 Å². The molecule has 1 rings (SSSR count). The quantitative estimate of drug-likeness (QED) is 0.599. The predicted molar refractivity (Wildman–Crippen MR) is 87.7 cm³/mol. The van der Waals surface area contributed by atoms with E-state index in [4.69, 9.17) is 4.74 Å². The lowest BCUT2D eigenvalue weighted by Crippen LogP contribution is -2.43. The summed E-state index contributed by atoms with van der Waals surface area (Å²) in [4.78, 5) is 8.54. The number of nitrogens with zero attached hydrogens (tertiary/aromatic N) is 2. The van der Waals surface area contributed by atoms with Gasteiger partial charge in [-0.25, -0.2) is 4.98 Å². The van der Waals surface area contributed by atoms with Crippen LogP contribution in [0.3, 0.4) is 0 Å². The van der Waals surface area contributed by atoms with E-state index in [-0.39, 0.29) is 0 Å². The molecule has 0 fully saturated rings. The average Bonchev–Trinajstić information content (AvgIpc) is 2.49. The summed E-state index contributed by atoms with van der Waals surface area (Å²) in [5.74, 6) is 2.03. The second-order valence-electron chi connectivity index (χ2n) is 5.42. The Morgan fingerprint density at radius 2 is 2.14 bits per heavy atom. The average molecular weight is 292 g/mol. The summed E-state index contributed by atoms with van der Waals surface area (Å²) in [5, 5.41) is 6.68. The first-order valence-corrected chi connectivity index (χ1v) is 7.62. The fourth-order valence-electron chi connectivity index (χ4n) is 1.64. The van der Waals surface area contributed by atoms with Crippen molar-refractivity contribution in [2.45, 2.75) is 46.7 Å². The summed E-state index contributed by atoms with van der Waals surface area (Å²) >= 11 is 0. The van der Waals surface area contributed by atoms with Gasteiger partial charge in [0.15, 0.2) is 5.96 Å². The second kappa shape index (κ2) is 9.21. The Kier molecular flexibility index (Phi) is 7.58. The predicted octanol–water partition coefficient (Wildman–Crippen LogP) is 2.58. The van der Waals surface area contributed by atoms with Gasteiger partial charge >= 0.3 is 0 Å². The van der Waals surface area contributed by atoms with Crippen molar-refractivity contribution < 1.29 is 4.74 Å². The molecule has 1 atom stereocenters. The highest BCUT2D eigenvalue weighted by molar-refractivity contribution is 5.79. The van der Waals surface area contributed by atoms with Gasteiger partial charge < -0.3 is 15.4 Å². The van der Waals surface area contributed by atoms with Crippen LogP contribution in [0.2, 0.25) is 0 Å². The van der Waals surface area contributed by atoms with Gasteiger partial charge in [0.2, 0.25) is 5.88 Å². The van der Waals surface area contributed by atoms with E-state index in [9.17, 15) is 0 Å². The molecule has 5 nitrogen and oxygen atoms in total. The summed E-state index contributed by atoms with van der Waals surface area (Å²) in [6, 6.07) is 4.30. The fraction of sp³-hybridized carbons (Fsp3) is 0.625. The lowest BCUT2D eigenvalue weighted by Gasteiger charge is -2.21. The number of guanidine groups is 1. The Hall–Kier alpha value is -1.78. The van der Waals surface area contributed by atoms with E-state index in [2.05, 4.69) is 48.3 Å². The number of hydrogen-bond acceptors (Lipinski definition) is 3. The van der Waals surface area contributed by atoms with Crippen LogP contribution in [-0.4, -0.2) is 30.6 Å². The Morgan fingerprint density at radius 1 is 1.38 bits per heavy atom. The van der Waals surface area contributed by atoms with Gasteiger partial charge in [0.25, 0.3) is 0 Å². The van der Waals surface area contributed by atoms with Crippen molar-refractivity contribution >= 4 is 5.96 Å². The zero-order valence-electron chi connectivity index (χ0n) is 13.8. The third kappa shape index (κ3) is 6.02. The smallest absolute Gasteiger partial charge is 0.218 e. The molecule has 0 saturated carbocycles. The van der Waals surface area contributed by atoms with Crippen LogP contribution in [-0.2, 0) is 6.54 Å². The first kappa shape index (κ1) is 17.3. The van der Waals surface area contributed by atoms with Gasteiger partial charge in [-0.05, 0) is 25.3 Å². The summed E-state index contributed by atoms with van der Waals surface area (Å²) < 4.78 is 5.66. The molecule has 1 aromatic rings. The standard InChI is InChI=1S/C16H28N4O/c1-6-10-21-15-14(8-7-9-18-15)11-19-16(17-5)20-13(4)12(2)3/h7-9,12-13H,6,10-11H2,1-5H3,(H2,17,19,20). The molecule has 0 aromatic carbocycles. The van der Waals surface area contributed by atoms with Gasteiger partial charge in [0, 0.05) is 31.4 Å². The molecule has 118 valence electrons. The van der Waals surface area contributed by atoms with Crippen LogP contribution in [0.1, 0.15) is 39.7 Å². The molecule has 0 bridgehead atoms. The molecule has 5 heteroatoms. The monoisotopic (exact) mass is 292 g/mol. The van der Waals surface area contributed by atoms with Crippen molar-refractivity contribution in [1.82, 2.24) is 15.6 Å². The third-order valence-corrected chi connectivity index (χ3v) is 3.33. The highest BCUT2D eigenvalue weighted by Gasteiger charge is 2.10. The van der Waals surface area contributed by atoms with Crippen LogP contribution in [0.5, 0.6) is 5.88 Å². The van der Waals surface area contributed by atoms with Crippen LogP contribution < -0.4 is 15.4 Å². The summed E-state index contributed by atoms with van der Waals surface area (Å²) in [5.41, 5.74) is 1.03. The molecule has 0 aliphatic carbocycles. The molecule has 1 aromatic heterocycles. The van der Waals surface area contributed by atoms with Crippen LogP contribution in [0.25, 0.3) is 0 Å². The van der Waals surface area contributed by atoms with E-state index in [0.717, 1.165) is 17.9 Å². The highest BCUT2D eigenvalue weighted by Crippen LogP contribution is 2.14. The van der Waals surface area contributed by atoms with Gasteiger partial charge in [0.1, 0.15) is 0 Å². The minimum Gasteiger partial charge on any atom is -0.477 e. The fourth-order valence-corrected chi connectivity index (χ4v) is 1.64. The van der Waals surface area contributed by atoms with Crippen molar-refractivity contribution in [2.75, 3.05) is 13.7 Å². The van der Waals surface area contributed by atoms with Crippen molar-refractivity contribution in [3.05, 3.63) is 23.9 Å². The van der Waals surface area contributed by atoms with E-state index in [1.165, 1.54) is 0 Å². The number of pyridine rings is 1. The van der Waals surface area contributed by atoms with Crippen LogP contribution in [0.15, 0.2) is 23.3 Å². The number of ether oxygens (including phenoxy) is 1. The molecular weight excluding hydrogens is 264 g/mol. The number of aliphatic imine (C=N–C) groups is 1. The maximum absolute atomic E-state index is 5.66. The molecule has 1 heterocycles. The molecule has 2 N–H and O–H groups in total. The van der Waals surface area contributed by atoms with Gasteiger partial charge in [-0.3, -0.25) is 4.99 Å². The van der Waals surface area contributed by atoms with E-state index in [1.807, 2.05) is 12.1 Å². The van der Waals surface area contributed by atoms with E-state index >= 15 is 0 Å². The minimum atomic E-state index is 0.362. The first-order chi connectivity index (χ1) is 10.1. The second-order valence-corrected chi connectivity index (χ2v) is 5.42. The minimum absolute atomic E-state index is 0.362. The Morgan fingerprint density at radius 3 is 2.76 bits per heavy atom. The highest BCUT2D eigenvalue weighted by atomic mass is 16.5. The van der Waals surface area contributed by atoms with Crippen LogP contribution in [0.4, 0.5) is 0 Å². The Labute approximate surface area is 128 Å². The van der Waals surface area contributed by atoms with E-state index in [0.29, 0.717) is 31.0 Å². The van der Waals surface area contributed by atoms with E-state index < -0.39 is 0 Å². The SMILES string of the molecule is CCCOc1ncccc1CNC(=NC)NC(C)C(C)C. The summed E-state index contributed by atoms with van der Waals surface area (Å²) in [6.07, 6.45) is 2.72. The molecule has 21 heavy (non-hydrogen) atoms. The van der Waals surface area contributed by atoms with Gasteiger partial charge in [-0.1, -0.05) is 26.8 Å². The normalized spacial score (nSPS) is 13.1. The molecule has 0 amide bonds. The van der Waals surface area contributed by atoms with Crippen LogP contribution in [0, 0.1) is 5.92 Å². The van der Waals surface area contributed by atoms with Gasteiger partial charge in [-0.15, -0.1) is 0 Å². The van der Waals surface area contributed by atoms with Gasteiger partial charge in [0.05, 0.1) is 6.61 Å². The Balaban J connectivity index is 2.61. The lowest BCUT2D eigenvalue weighted by molar-refractivity contribution is 0.301. The number of nitrogens with one attached hydrogen (secondary N) is 2. The maximum Gasteiger partial charge on any atom is 0.218 e. The molecule has 0 aliphatic heterocycles. The molecule has 0 saturated heterocycles. The first-order valence-electron chi connectivity index (χ1n) is 7.62. The largest absolute Gasteiger partial charge is 0.477 e. The molecule has 0 radical (unpaired) electrons. The number of hydrogen-bond donors (Lipinski definition) is 2. The molecule has 0 aliphatic rings. The topological polar surface area (TPSA) is 58.5 Å². The Bertz CT molecular complexity index is 446. The molecule has 1 unspecified atom stereocenters. The zero-order chi connectivity index (χ0) is 15.7. The molecule has 0 spiro atoms. The van der Waals surface area contributed by atoms with Gasteiger partial charge in [-0.2, -0.15) is 0 Å². The third-order valence-electron chi connectivity index (χ3n) is 3.33. The maximum atomic E-state index is 5.66. The zero-order valence-corrected chi connectivity index (χ0v) is 13.8. The lowest BCUT2D eigenvalue weighted by atomic mass is 10.1. The summed E-state index contributed by atoms with van der Waals surface area (Å²) in [6.45, 7) is 9.92. The van der Waals surface area contributed by atoms with Crippen molar-refractivity contribution in [1.29, 1.82) is 0 Å².